The average Bonchev–Trinajstić information content (AvgIpc) is 2.65. The highest BCUT2D eigenvalue weighted by Gasteiger charge is 2.15. The third-order valence-electron chi connectivity index (χ3n) is 3.37. The van der Waals surface area contributed by atoms with E-state index in [0.29, 0.717) is 10.7 Å². The van der Waals surface area contributed by atoms with E-state index in [4.69, 9.17) is 23.1 Å². The van der Waals surface area contributed by atoms with Crippen LogP contribution in [-0.4, -0.2) is 59.3 Å². The molecule has 0 aliphatic carbocycles. The molecule has 1 aromatic rings. The number of anilines is 1. The highest BCUT2D eigenvalue weighted by molar-refractivity contribution is 7.80. The number of aliphatic hydroxyl groups is 1. The van der Waals surface area contributed by atoms with Crippen LogP contribution in [0.4, 0.5) is 5.69 Å². The number of hydrogen-bond donors (Lipinski definition) is 2. The Labute approximate surface area is 119 Å². The highest BCUT2D eigenvalue weighted by Crippen LogP contribution is 2.15. The highest BCUT2D eigenvalue weighted by atomic mass is 32.1. The summed E-state index contributed by atoms with van der Waals surface area (Å²) in [6.07, 6.45) is 2.92. The van der Waals surface area contributed by atoms with Crippen molar-refractivity contribution in [1.29, 1.82) is 0 Å². The van der Waals surface area contributed by atoms with Gasteiger partial charge in [-0.25, -0.2) is 0 Å². The monoisotopic (exact) mass is 280 g/mol. The van der Waals surface area contributed by atoms with Crippen molar-refractivity contribution < 1.29 is 5.11 Å². The van der Waals surface area contributed by atoms with Crippen LogP contribution in [0.15, 0.2) is 18.3 Å². The molecule has 6 heteroatoms. The second kappa shape index (κ2) is 6.79. The zero-order chi connectivity index (χ0) is 13.7. The quantitative estimate of drug-likeness (QED) is 0.769. The fourth-order valence-electron chi connectivity index (χ4n) is 2.31. The van der Waals surface area contributed by atoms with Crippen LogP contribution in [-0.2, 0) is 0 Å². The van der Waals surface area contributed by atoms with Crippen LogP contribution in [0.5, 0.6) is 0 Å². The van der Waals surface area contributed by atoms with Gasteiger partial charge in [-0.15, -0.1) is 0 Å². The van der Waals surface area contributed by atoms with Gasteiger partial charge in [0.15, 0.2) is 0 Å². The van der Waals surface area contributed by atoms with Crippen LogP contribution in [0, 0.1) is 0 Å². The summed E-state index contributed by atoms with van der Waals surface area (Å²) >= 11 is 4.90. The van der Waals surface area contributed by atoms with E-state index in [0.717, 1.165) is 44.8 Å². The van der Waals surface area contributed by atoms with Crippen molar-refractivity contribution in [2.45, 2.75) is 6.42 Å². The van der Waals surface area contributed by atoms with Crippen molar-refractivity contribution in [3.8, 4) is 0 Å². The summed E-state index contributed by atoms with van der Waals surface area (Å²) in [5.74, 6) is 0. The van der Waals surface area contributed by atoms with Gasteiger partial charge < -0.3 is 15.7 Å². The standard InChI is InChI=1S/C13H20N4OS/c14-13(19)12-3-2-11(10-15-12)17-5-1-4-16(6-7-17)8-9-18/h2-3,10,18H,1,4-9H2,(H2,14,19). The Morgan fingerprint density at radius 3 is 2.79 bits per heavy atom. The molecule has 1 aliphatic heterocycles. The molecule has 1 saturated heterocycles. The molecule has 19 heavy (non-hydrogen) atoms. The molecule has 1 aromatic heterocycles. The molecule has 3 N–H and O–H groups in total. The first-order chi connectivity index (χ1) is 9.20. The Hall–Kier alpha value is -1.24. The van der Waals surface area contributed by atoms with Gasteiger partial charge in [0, 0.05) is 26.2 Å². The van der Waals surface area contributed by atoms with Crippen molar-refractivity contribution in [1.82, 2.24) is 9.88 Å². The molecule has 0 unspecified atom stereocenters. The van der Waals surface area contributed by atoms with E-state index >= 15 is 0 Å². The second-order valence-electron chi connectivity index (χ2n) is 4.67. The molecule has 1 aliphatic rings. The van der Waals surface area contributed by atoms with Gasteiger partial charge in [-0.3, -0.25) is 9.88 Å². The number of hydrogen-bond acceptors (Lipinski definition) is 5. The van der Waals surface area contributed by atoms with Crippen molar-refractivity contribution in [3.05, 3.63) is 24.0 Å². The van der Waals surface area contributed by atoms with E-state index < -0.39 is 0 Å². The lowest BCUT2D eigenvalue weighted by molar-refractivity contribution is 0.204. The Bertz CT molecular complexity index is 423. The van der Waals surface area contributed by atoms with Gasteiger partial charge in [0.25, 0.3) is 0 Å². The molecule has 104 valence electrons. The van der Waals surface area contributed by atoms with Crippen LogP contribution in [0.25, 0.3) is 0 Å². The molecule has 0 atom stereocenters. The topological polar surface area (TPSA) is 65.6 Å². The third-order valence-corrected chi connectivity index (χ3v) is 3.58. The normalized spacial score (nSPS) is 17.2. The van der Waals surface area contributed by atoms with Crippen LogP contribution >= 0.6 is 12.2 Å². The van der Waals surface area contributed by atoms with E-state index in [9.17, 15) is 0 Å². The maximum absolute atomic E-state index is 8.99. The van der Waals surface area contributed by atoms with Gasteiger partial charge in [-0.1, -0.05) is 12.2 Å². The van der Waals surface area contributed by atoms with E-state index in [2.05, 4.69) is 14.8 Å². The van der Waals surface area contributed by atoms with Crippen molar-refractivity contribution >= 4 is 22.9 Å². The summed E-state index contributed by atoms with van der Waals surface area (Å²) in [5.41, 5.74) is 7.31. The van der Waals surface area contributed by atoms with Crippen molar-refractivity contribution in [3.63, 3.8) is 0 Å². The summed E-state index contributed by atoms with van der Waals surface area (Å²) in [5, 5.41) is 8.99. The smallest absolute Gasteiger partial charge is 0.122 e. The summed E-state index contributed by atoms with van der Waals surface area (Å²) in [4.78, 5) is 9.21. The minimum Gasteiger partial charge on any atom is -0.395 e. The van der Waals surface area contributed by atoms with Gasteiger partial charge in [0.05, 0.1) is 24.2 Å². The second-order valence-corrected chi connectivity index (χ2v) is 5.11. The molecule has 1 fully saturated rings. The van der Waals surface area contributed by atoms with E-state index in [1.165, 1.54) is 0 Å². The molecule has 0 aromatic carbocycles. The Morgan fingerprint density at radius 2 is 2.16 bits per heavy atom. The van der Waals surface area contributed by atoms with E-state index in [1.54, 1.807) is 0 Å². The van der Waals surface area contributed by atoms with Crippen LogP contribution < -0.4 is 10.6 Å². The minimum atomic E-state index is 0.226. The molecular formula is C13H20N4OS. The molecule has 0 saturated carbocycles. The molecule has 0 amide bonds. The van der Waals surface area contributed by atoms with Crippen LogP contribution in [0.2, 0.25) is 0 Å². The first kappa shape index (κ1) is 14.2. The van der Waals surface area contributed by atoms with Crippen LogP contribution in [0.1, 0.15) is 12.1 Å². The predicted molar refractivity (Wildman–Crippen MR) is 80.5 cm³/mol. The lowest BCUT2D eigenvalue weighted by atomic mass is 10.3. The largest absolute Gasteiger partial charge is 0.395 e. The number of nitrogens with zero attached hydrogens (tertiary/aromatic N) is 3. The summed E-state index contributed by atoms with van der Waals surface area (Å²) < 4.78 is 0. The average molecular weight is 280 g/mol. The van der Waals surface area contributed by atoms with Gasteiger partial charge in [0.2, 0.25) is 0 Å². The number of aliphatic hydroxyl groups excluding tert-OH is 1. The first-order valence-electron chi connectivity index (χ1n) is 6.54. The fraction of sp³-hybridized carbons (Fsp3) is 0.538. The van der Waals surface area contributed by atoms with Crippen LogP contribution in [0.3, 0.4) is 0 Å². The number of thiocarbonyl (C=S) groups is 1. The lowest BCUT2D eigenvalue weighted by Crippen LogP contribution is -2.32. The fourth-order valence-corrected chi connectivity index (χ4v) is 2.43. The van der Waals surface area contributed by atoms with Gasteiger partial charge in [-0.2, -0.15) is 0 Å². The maximum Gasteiger partial charge on any atom is 0.122 e. The number of rotatable bonds is 4. The minimum absolute atomic E-state index is 0.226. The summed E-state index contributed by atoms with van der Waals surface area (Å²) in [6, 6.07) is 3.89. The number of aromatic nitrogens is 1. The molecule has 0 bridgehead atoms. The predicted octanol–water partition coefficient (Wildman–Crippen LogP) is 0.220. The Kier molecular flexibility index (Phi) is 5.07. The van der Waals surface area contributed by atoms with Gasteiger partial charge in [-0.05, 0) is 25.1 Å². The summed E-state index contributed by atoms with van der Waals surface area (Å²) in [7, 11) is 0. The zero-order valence-electron chi connectivity index (χ0n) is 11.0. The number of pyridine rings is 1. The van der Waals surface area contributed by atoms with Crippen molar-refractivity contribution in [2.24, 2.45) is 5.73 Å². The first-order valence-corrected chi connectivity index (χ1v) is 6.95. The van der Waals surface area contributed by atoms with Gasteiger partial charge in [0.1, 0.15) is 4.99 Å². The third kappa shape index (κ3) is 3.86. The van der Waals surface area contributed by atoms with E-state index in [1.807, 2.05) is 18.3 Å². The maximum atomic E-state index is 8.99. The molecule has 0 radical (unpaired) electrons. The lowest BCUT2D eigenvalue weighted by Gasteiger charge is -2.23. The molecular weight excluding hydrogens is 260 g/mol. The van der Waals surface area contributed by atoms with E-state index in [-0.39, 0.29) is 6.61 Å². The molecule has 0 spiro atoms. The molecule has 5 nitrogen and oxygen atoms in total. The number of β-amino-alcohol motifs (C(OH)–C–C–N with tert-alkyl or cyclic N) is 1. The molecule has 2 rings (SSSR count). The SMILES string of the molecule is NC(=S)c1ccc(N2CCCN(CCO)CC2)cn1. The van der Waals surface area contributed by atoms with Crippen molar-refractivity contribution in [2.75, 3.05) is 44.2 Å². The summed E-state index contributed by atoms with van der Waals surface area (Å²) in [6.45, 7) is 4.95. The Balaban J connectivity index is 1.99. The molecule has 2 heterocycles. The zero-order valence-corrected chi connectivity index (χ0v) is 11.8. The number of nitrogens with two attached hydrogens (primary N) is 1. The Morgan fingerprint density at radius 1 is 1.32 bits per heavy atom. The van der Waals surface area contributed by atoms with Gasteiger partial charge >= 0.3 is 0 Å².